The van der Waals surface area contributed by atoms with Gasteiger partial charge in [-0.25, -0.2) is 4.98 Å². The van der Waals surface area contributed by atoms with Crippen LogP contribution in [-0.2, 0) is 0 Å². The van der Waals surface area contributed by atoms with E-state index in [0.29, 0.717) is 5.69 Å². The Morgan fingerprint density at radius 1 is 1.24 bits per heavy atom. The maximum absolute atomic E-state index is 11.8. The summed E-state index contributed by atoms with van der Waals surface area (Å²) in [6.45, 7) is 0. The number of halogens is 1. The Kier molecular flexibility index (Phi) is 3.34. The predicted molar refractivity (Wildman–Crippen MR) is 68.5 cm³/mol. The summed E-state index contributed by atoms with van der Waals surface area (Å²) in [6, 6.07) is 7.23. The van der Waals surface area contributed by atoms with Crippen molar-refractivity contribution in [3.05, 3.63) is 46.8 Å². The average molecular weight is 293 g/mol. The van der Waals surface area contributed by atoms with E-state index in [-0.39, 0.29) is 17.4 Å². The maximum Gasteiger partial charge on any atom is 0.275 e. The van der Waals surface area contributed by atoms with Crippen molar-refractivity contribution in [2.75, 3.05) is 11.1 Å². The van der Waals surface area contributed by atoms with Crippen molar-refractivity contribution in [3.63, 3.8) is 0 Å². The van der Waals surface area contributed by atoms with E-state index in [0.717, 1.165) is 4.47 Å². The van der Waals surface area contributed by atoms with E-state index in [9.17, 15) is 4.79 Å². The standard InChI is InChI=1S/C11H9BrN4O/c12-7-1-3-8(4-2-7)15-11(17)9-5-14-6-10(13)16-9/h1-6H,(H2,13,16)(H,15,17). The van der Waals surface area contributed by atoms with Gasteiger partial charge in [-0.2, -0.15) is 0 Å². The summed E-state index contributed by atoms with van der Waals surface area (Å²) in [5.41, 5.74) is 6.32. The molecule has 1 aromatic heterocycles. The molecule has 2 aromatic rings. The lowest BCUT2D eigenvalue weighted by molar-refractivity contribution is 0.102. The summed E-state index contributed by atoms with van der Waals surface area (Å²) in [5, 5.41) is 2.69. The zero-order chi connectivity index (χ0) is 12.3. The first kappa shape index (κ1) is 11.5. The number of nitrogens with one attached hydrogen (secondary N) is 1. The second-order valence-corrected chi connectivity index (χ2v) is 4.21. The van der Waals surface area contributed by atoms with E-state index in [1.54, 1.807) is 12.1 Å². The van der Waals surface area contributed by atoms with Gasteiger partial charge in [0.05, 0.1) is 12.4 Å². The van der Waals surface area contributed by atoms with Gasteiger partial charge in [0.15, 0.2) is 0 Å². The smallest absolute Gasteiger partial charge is 0.275 e. The fourth-order valence-corrected chi connectivity index (χ4v) is 1.48. The van der Waals surface area contributed by atoms with Crippen LogP contribution in [0.15, 0.2) is 41.1 Å². The van der Waals surface area contributed by atoms with Gasteiger partial charge in [-0.15, -0.1) is 0 Å². The Bertz CT molecular complexity index is 541. The minimum absolute atomic E-state index is 0.188. The molecular weight excluding hydrogens is 284 g/mol. The number of anilines is 2. The van der Waals surface area contributed by atoms with Crippen LogP contribution >= 0.6 is 15.9 Å². The molecule has 0 saturated heterocycles. The van der Waals surface area contributed by atoms with Crippen LogP contribution in [0.25, 0.3) is 0 Å². The van der Waals surface area contributed by atoms with E-state index in [1.807, 2.05) is 12.1 Å². The first-order valence-corrected chi connectivity index (χ1v) is 5.59. The molecule has 0 aliphatic rings. The summed E-state index contributed by atoms with van der Waals surface area (Å²) in [5.74, 6) is -0.124. The van der Waals surface area contributed by atoms with Gasteiger partial charge in [0.1, 0.15) is 11.5 Å². The maximum atomic E-state index is 11.8. The number of hydrogen-bond acceptors (Lipinski definition) is 4. The van der Waals surface area contributed by atoms with E-state index in [2.05, 4.69) is 31.2 Å². The van der Waals surface area contributed by atoms with Crippen LogP contribution in [0.1, 0.15) is 10.5 Å². The van der Waals surface area contributed by atoms with E-state index < -0.39 is 0 Å². The summed E-state index contributed by atoms with van der Waals surface area (Å²) >= 11 is 3.31. The molecule has 0 radical (unpaired) electrons. The molecule has 3 N–H and O–H groups in total. The summed E-state index contributed by atoms with van der Waals surface area (Å²) in [4.78, 5) is 19.5. The lowest BCUT2D eigenvalue weighted by atomic mass is 10.3. The molecule has 0 atom stereocenters. The summed E-state index contributed by atoms with van der Waals surface area (Å²) in [7, 11) is 0. The molecule has 6 heteroatoms. The summed E-state index contributed by atoms with van der Waals surface area (Å²) < 4.78 is 0.944. The van der Waals surface area contributed by atoms with Gasteiger partial charge in [-0.3, -0.25) is 9.78 Å². The normalized spacial score (nSPS) is 9.94. The van der Waals surface area contributed by atoms with Gasteiger partial charge in [0, 0.05) is 10.2 Å². The van der Waals surface area contributed by atoms with E-state index in [1.165, 1.54) is 12.4 Å². The second-order valence-electron chi connectivity index (χ2n) is 3.29. The van der Waals surface area contributed by atoms with Gasteiger partial charge >= 0.3 is 0 Å². The molecule has 1 aromatic carbocycles. The van der Waals surface area contributed by atoms with Crippen LogP contribution in [0.4, 0.5) is 11.5 Å². The highest BCUT2D eigenvalue weighted by Crippen LogP contribution is 2.14. The quantitative estimate of drug-likeness (QED) is 0.888. The van der Waals surface area contributed by atoms with Crippen molar-refractivity contribution < 1.29 is 4.79 Å². The molecule has 0 spiro atoms. The predicted octanol–water partition coefficient (Wildman–Crippen LogP) is 2.07. The Labute approximate surface area is 106 Å². The number of nitrogens with two attached hydrogens (primary N) is 1. The van der Waals surface area contributed by atoms with Crippen molar-refractivity contribution in [2.45, 2.75) is 0 Å². The van der Waals surface area contributed by atoms with Crippen LogP contribution in [0, 0.1) is 0 Å². The number of carbonyl (C=O) groups is 1. The molecule has 0 aliphatic heterocycles. The number of hydrogen-bond donors (Lipinski definition) is 2. The third-order valence-corrected chi connectivity index (χ3v) is 2.52. The first-order valence-electron chi connectivity index (χ1n) is 4.79. The Morgan fingerprint density at radius 3 is 2.59 bits per heavy atom. The highest BCUT2D eigenvalue weighted by Gasteiger charge is 2.08. The van der Waals surface area contributed by atoms with Gasteiger partial charge in [0.2, 0.25) is 0 Å². The van der Waals surface area contributed by atoms with Gasteiger partial charge < -0.3 is 11.1 Å². The number of carbonyl (C=O) groups excluding carboxylic acids is 1. The molecule has 0 saturated carbocycles. The van der Waals surface area contributed by atoms with Crippen molar-refractivity contribution in [3.8, 4) is 0 Å². The van der Waals surface area contributed by atoms with Crippen molar-refractivity contribution >= 4 is 33.3 Å². The molecule has 5 nitrogen and oxygen atoms in total. The minimum Gasteiger partial charge on any atom is -0.382 e. The number of nitrogen functional groups attached to an aromatic ring is 1. The fourth-order valence-electron chi connectivity index (χ4n) is 1.22. The highest BCUT2D eigenvalue weighted by molar-refractivity contribution is 9.10. The Morgan fingerprint density at radius 2 is 1.94 bits per heavy atom. The zero-order valence-electron chi connectivity index (χ0n) is 8.72. The molecule has 17 heavy (non-hydrogen) atoms. The van der Waals surface area contributed by atoms with Gasteiger partial charge in [-0.1, -0.05) is 15.9 Å². The SMILES string of the molecule is Nc1cncc(C(=O)Nc2ccc(Br)cc2)n1. The molecule has 0 aliphatic carbocycles. The van der Waals surface area contributed by atoms with Crippen LogP contribution < -0.4 is 11.1 Å². The molecule has 0 bridgehead atoms. The highest BCUT2D eigenvalue weighted by atomic mass is 79.9. The summed E-state index contributed by atoms with van der Waals surface area (Å²) in [6.07, 6.45) is 2.75. The van der Waals surface area contributed by atoms with E-state index in [4.69, 9.17) is 5.73 Å². The molecule has 86 valence electrons. The number of amides is 1. The third kappa shape index (κ3) is 3.01. The Balaban J connectivity index is 2.14. The van der Waals surface area contributed by atoms with Crippen molar-refractivity contribution in [1.82, 2.24) is 9.97 Å². The molecule has 0 unspecified atom stereocenters. The third-order valence-electron chi connectivity index (χ3n) is 1.99. The molecule has 1 heterocycles. The lowest BCUT2D eigenvalue weighted by Gasteiger charge is -2.04. The van der Waals surface area contributed by atoms with Crippen molar-refractivity contribution in [2.24, 2.45) is 0 Å². The number of rotatable bonds is 2. The molecule has 1 amide bonds. The van der Waals surface area contributed by atoms with E-state index >= 15 is 0 Å². The number of benzene rings is 1. The fraction of sp³-hybridized carbons (Fsp3) is 0. The molecule has 2 rings (SSSR count). The molecular formula is C11H9BrN4O. The van der Waals surface area contributed by atoms with Crippen LogP contribution in [-0.4, -0.2) is 15.9 Å². The van der Waals surface area contributed by atoms with Crippen LogP contribution in [0.3, 0.4) is 0 Å². The van der Waals surface area contributed by atoms with Crippen LogP contribution in [0.2, 0.25) is 0 Å². The second kappa shape index (κ2) is 4.92. The van der Waals surface area contributed by atoms with Crippen LogP contribution in [0.5, 0.6) is 0 Å². The van der Waals surface area contributed by atoms with Crippen molar-refractivity contribution in [1.29, 1.82) is 0 Å². The topological polar surface area (TPSA) is 80.9 Å². The monoisotopic (exact) mass is 292 g/mol. The molecule has 0 fully saturated rings. The minimum atomic E-state index is -0.341. The Hall–Kier alpha value is -1.95. The largest absolute Gasteiger partial charge is 0.382 e. The zero-order valence-corrected chi connectivity index (χ0v) is 10.3. The number of nitrogens with zero attached hydrogens (tertiary/aromatic N) is 2. The number of aromatic nitrogens is 2. The first-order chi connectivity index (χ1) is 8.15. The average Bonchev–Trinajstić information content (AvgIpc) is 2.32. The van der Waals surface area contributed by atoms with Gasteiger partial charge in [-0.05, 0) is 24.3 Å². The van der Waals surface area contributed by atoms with Gasteiger partial charge in [0.25, 0.3) is 5.91 Å². The lowest BCUT2D eigenvalue weighted by Crippen LogP contribution is -2.14.